The normalized spacial score (nSPS) is 13.7. The lowest BCUT2D eigenvalue weighted by molar-refractivity contribution is -0.889. The maximum absolute atomic E-state index is 13.6. The molecule has 12 heteroatoms. The highest BCUT2D eigenvalue weighted by Gasteiger charge is 2.34. The van der Waals surface area contributed by atoms with E-state index in [2.05, 4.69) is 16.0 Å². The topological polar surface area (TPSA) is 137 Å². The van der Waals surface area contributed by atoms with Crippen molar-refractivity contribution in [3.8, 4) is 5.75 Å². The predicted octanol–water partition coefficient (Wildman–Crippen LogP) is 2.75. The van der Waals surface area contributed by atoms with Crippen LogP contribution in [0.15, 0.2) is 48.5 Å². The number of halogens is 1. The first-order chi connectivity index (χ1) is 20.9. The van der Waals surface area contributed by atoms with Crippen molar-refractivity contribution < 1.29 is 37.9 Å². The number of phenolic OH excluding ortho intramolecular Hbond substituents is 1. The summed E-state index contributed by atoms with van der Waals surface area (Å²) >= 11 is 0. The van der Waals surface area contributed by atoms with Gasteiger partial charge >= 0.3 is 6.09 Å². The van der Waals surface area contributed by atoms with E-state index in [1.165, 1.54) is 31.2 Å². The number of hydrogen-bond donors (Lipinski definition) is 4. The number of amides is 4. The fourth-order valence-corrected chi connectivity index (χ4v) is 4.56. The van der Waals surface area contributed by atoms with Gasteiger partial charge < -0.3 is 30.3 Å². The summed E-state index contributed by atoms with van der Waals surface area (Å²) in [5.74, 6) is -2.15. The molecular weight excluding hydrogens is 581 g/mol. The van der Waals surface area contributed by atoms with Crippen LogP contribution in [0.2, 0.25) is 0 Å². The van der Waals surface area contributed by atoms with Gasteiger partial charge in [-0.3, -0.25) is 14.4 Å². The van der Waals surface area contributed by atoms with Crippen LogP contribution in [-0.2, 0) is 32.0 Å². The molecule has 0 aliphatic heterocycles. The first-order valence-electron chi connectivity index (χ1n) is 15.1. The number of benzene rings is 2. The van der Waals surface area contributed by atoms with Crippen LogP contribution in [0.4, 0.5) is 9.18 Å². The summed E-state index contributed by atoms with van der Waals surface area (Å²) in [6.07, 6.45) is -0.325. The SMILES string of the molecule is CC[N+](C)(C)CC(Cc1ccc(F)cc1)NC(=O)CN(C(=O)OC(C)(C)C)C(=O)[C@@H](C)NC(=O)[C@H](Cc1ccc(O)cc1)NC. The van der Waals surface area contributed by atoms with Crippen molar-refractivity contribution in [3.05, 3.63) is 65.5 Å². The maximum atomic E-state index is 13.6. The van der Waals surface area contributed by atoms with Gasteiger partial charge in [-0.15, -0.1) is 0 Å². The van der Waals surface area contributed by atoms with Crippen LogP contribution in [0.5, 0.6) is 5.75 Å². The zero-order valence-electron chi connectivity index (χ0n) is 27.6. The predicted molar refractivity (Wildman–Crippen MR) is 170 cm³/mol. The monoisotopic (exact) mass is 630 g/mol. The minimum Gasteiger partial charge on any atom is -0.508 e. The number of rotatable bonds is 14. The van der Waals surface area contributed by atoms with Crippen LogP contribution >= 0.6 is 0 Å². The first kappa shape index (κ1) is 37.2. The zero-order valence-corrected chi connectivity index (χ0v) is 27.6. The van der Waals surface area contributed by atoms with Crippen molar-refractivity contribution in [2.24, 2.45) is 0 Å². The van der Waals surface area contributed by atoms with Crippen LogP contribution in [0.1, 0.15) is 45.7 Å². The van der Waals surface area contributed by atoms with Gasteiger partial charge in [0.1, 0.15) is 29.8 Å². The summed E-state index contributed by atoms with van der Waals surface area (Å²) < 4.78 is 19.5. The Bertz CT molecular complexity index is 1290. The van der Waals surface area contributed by atoms with Crippen molar-refractivity contribution in [1.82, 2.24) is 20.9 Å². The second-order valence-electron chi connectivity index (χ2n) is 12.9. The number of carbonyl (C=O) groups is 4. The lowest BCUT2D eigenvalue weighted by atomic mass is 10.0. The Hall–Kier alpha value is -4.03. The van der Waals surface area contributed by atoms with E-state index in [1.807, 2.05) is 21.0 Å². The summed E-state index contributed by atoms with van der Waals surface area (Å²) in [5, 5.41) is 18.0. The van der Waals surface area contributed by atoms with Crippen LogP contribution in [0, 0.1) is 5.82 Å². The number of carbonyl (C=O) groups excluding carboxylic acids is 4. The van der Waals surface area contributed by atoms with Crippen molar-refractivity contribution in [2.45, 2.75) is 71.2 Å². The summed E-state index contributed by atoms with van der Waals surface area (Å²) in [5.41, 5.74) is 0.655. The number of hydrogen-bond acceptors (Lipinski definition) is 7. The van der Waals surface area contributed by atoms with Crippen LogP contribution in [0.25, 0.3) is 0 Å². The Balaban J connectivity index is 2.22. The number of aromatic hydroxyl groups is 1. The van der Waals surface area contributed by atoms with E-state index in [-0.39, 0.29) is 24.0 Å². The summed E-state index contributed by atoms with van der Waals surface area (Å²) in [4.78, 5) is 53.9. The highest BCUT2D eigenvalue weighted by atomic mass is 19.1. The highest BCUT2D eigenvalue weighted by molar-refractivity contribution is 6.00. The maximum Gasteiger partial charge on any atom is 0.417 e. The summed E-state index contributed by atoms with van der Waals surface area (Å²) in [7, 11) is 5.64. The third-order valence-electron chi connectivity index (χ3n) is 7.28. The van der Waals surface area contributed by atoms with E-state index in [1.54, 1.807) is 52.1 Å². The third-order valence-corrected chi connectivity index (χ3v) is 7.28. The molecule has 0 bridgehead atoms. The molecule has 0 saturated carbocycles. The molecule has 248 valence electrons. The average molecular weight is 631 g/mol. The van der Waals surface area contributed by atoms with Gasteiger partial charge in [0.05, 0.1) is 39.3 Å². The standard InChI is InChI=1S/C33H48FN5O6/c1-9-39(7,8)21-26(18-23-10-14-25(34)15-11-23)37-29(41)20-38(32(44)45-33(3,4)5)31(43)22(2)36-30(42)28(35-6)19-24-12-16-27(40)17-13-24/h10-17,22,26,28,35H,9,18-21H2,1-8H3,(H2-,36,37,40,41,42)/p+1/t22-,26?,28+/m1/s1. The molecular formula is C33H49FN5O6+. The minimum atomic E-state index is -1.17. The van der Waals surface area contributed by atoms with E-state index in [0.29, 0.717) is 22.3 Å². The number of likely N-dealkylation sites (N-methyl/N-ethyl adjacent to an activating group) is 2. The highest BCUT2D eigenvalue weighted by Crippen LogP contribution is 2.14. The molecule has 0 heterocycles. The Morgan fingerprint density at radius 3 is 2.04 bits per heavy atom. The fraction of sp³-hybridized carbons (Fsp3) is 0.515. The van der Waals surface area contributed by atoms with Gasteiger partial charge in [-0.1, -0.05) is 24.3 Å². The van der Waals surface area contributed by atoms with Gasteiger partial charge in [0.25, 0.3) is 5.91 Å². The molecule has 2 aromatic rings. The van der Waals surface area contributed by atoms with Gasteiger partial charge in [0.2, 0.25) is 11.8 Å². The Morgan fingerprint density at radius 1 is 0.956 bits per heavy atom. The van der Waals surface area contributed by atoms with E-state index >= 15 is 0 Å². The van der Waals surface area contributed by atoms with Crippen molar-refractivity contribution >= 4 is 23.8 Å². The van der Waals surface area contributed by atoms with E-state index < -0.39 is 48.0 Å². The first-order valence-corrected chi connectivity index (χ1v) is 15.1. The number of ether oxygens (including phenoxy) is 1. The second kappa shape index (κ2) is 16.3. The number of nitrogens with one attached hydrogen (secondary N) is 3. The molecule has 0 fully saturated rings. The fourth-order valence-electron chi connectivity index (χ4n) is 4.56. The average Bonchev–Trinajstić information content (AvgIpc) is 2.95. The Kier molecular flexibility index (Phi) is 13.5. The van der Waals surface area contributed by atoms with Crippen LogP contribution < -0.4 is 16.0 Å². The molecule has 3 atom stereocenters. The van der Waals surface area contributed by atoms with Gasteiger partial charge in [-0.25, -0.2) is 14.1 Å². The second-order valence-corrected chi connectivity index (χ2v) is 12.9. The van der Waals surface area contributed by atoms with E-state index in [0.717, 1.165) is 17.7 Å². The third kappa shape index (κ3) is 12.8. The zero-order chi connectivity index (χ0) is 33.9. The van der Waals surface area contributed by atoms with Gasteiger partial charge in [-0.05, 0) is 89.9 Å². The Morgan fingerprint density at radius 2 is 1.51 bits per heavy atom. The molecule has 0 aliphatic rings. The summed E-state index contributed by atoms with van der Waals surface area (Å²) in [6.45, 7) is 9.08. The van der Waals surface area contributed by atoms with Gasteiger partial charge in [0, 0.05) is 0 Å². The minimum absolute atomic E-state index is 0.101. The van der Waals surface area contributed by atoms with Gasteiger partial charge in [-0.2, -0.15) is 0 Å². The largest absolute Gasteiger partial charge is 0.508 e. The molecule has 1 unspecified atom stereocenters. The summed E-state index contributed by atoms with van der Waals surface area (Å²) in [6, 6.07) is 10.2. The molecule has 0 aliphatic carbocycles. The quantitative estimate of drug-likeness (QED) is 0.236. The molecule has 0 saturated heterocycles. The smallest absolute Gasteiger partial charge is 0.417 e. The lowest BCUT2D eigenvalue weighted by Crippen LogP contribution is -2.57. The molecule has 45 heavy (non-hydrogen) atoms. The van der Waals surface area contributed by atoms with Crippen molar-refractivity contribution in [2.75, 3.05) is 40.8 Å². The molecule has 2 aromatic carbocycles. The number of quaternary nitrogens is 1. The molecule has 4 amide bonds. The molecule has 4 N–H and O–H groups in total. The molecule has 0 radical (unpaired) electrons. The lowest BCUT2D eigenvalue weighted by Gasteiger charge is -2.33. The molecule has 0 spiro atoms. The Labute approximate surface area is 265 Å². The number of nitrogens with zero attached hydrogens (tertiary/aromatic N) is 2. The number of imide groups is 1. The van der Waals surface area contributed by atoms with Gasteiger partial charge in [0.15, 0.2) is 0 Å². The van der Waals surface area contributed by atoms with E-state index in [4.69, 9.17) is 4.74 Å². The van der Waals surface area contributed by atoms with Crippen LogP contribution in [0.3, 0.4) is 0 Å². The van der Waals surface area contributed by atoms with Crippen molar-refractivity contribution in [3.63, 3.8) is 0 Å². The van der Waals surface area contributed by atoms with Crippen molar-refractivity contribution in [1.29, 1.82) is 0 Å². The number of phenols is 1. The molecule has 2 rings (SSSR count). The van der Waals surface area contributed by atoms with Crippen LogP contribution in [-0.4, -0.2) is 103 Å². The van der Waals surface area contributed by atoms with E-state index in [9.17, 15) is 28.7 Å². The molecule has 0 aromatic heterocycles. The molecule has 11 nitrogen and oxygen atoms in total.